The number of rotatable bonds is 7. The molecule has 0 spiro atoms. The lowest BCUT2D eigenvalue weighted by molar-refractivity contribution is -0.149. The van der Waals surface area contributed by atoms with Gasteiger partial charge < -0.3 is 20.5 Å². The molecule has 0 bridgehead atoms. The lowest BCUT2D eigenvalue weighted by Crippen LogP contribution is -2.40. The van der Waals surface area contributed by atoms with Crippen molar-refractivity contribution in [1.29, 1.82) is 0 Å². The summed E-state index contributed by atoms with van der Waals surface area (Å²) in [5, 5.41) is 1.82. The van der Waals surface area contributed by atoms with Crippen LogP contribution in [0.4, 0.5) is 30.7 Å². The fourth-order valence-electron chi connectivity index (χ4n) is 4.99. The monoisotopic (exact) mass is 670 g/mol. The van der Waals surface area contributed by atoms with Gasteiger partial charge in [0, 0.05) is 34.8 Å². The number of fused-ring (bicyclic) bond motifs is 2. The number of ether oxygens (including phenoxy) is 2. The average Bonchev–Trinajstić information content (AvgIpc) is 3.32. The first kappa shape index (κ1) is 32.7. The van der Waals surface area contributed by atoms with Gasteiger partial charge in [0.25, 0.3) is 5.91 Å². The van der Waals surface area contributed by atoms with E-state index in [0.717, 1.165) is 36.4 Å². The molecule has 0 saturated heterocycles. The van der Waals surface area contributed by atoms with Gasteiger partial charge in [0.15, 0.2) is 0 Å². The van der Waals surface area contributed by atoms with Crippen LogP contribution in [0, 0.1) is 5.82 Å². The first-order valence-corrected chi connectivity index (χ1v) is 13.6. The SMILES string of the molecule is COc1cc(C(=O)NCC(c2cc3c(c(-c4ccc(F)cc4Cl)n2)OC[C@]3(C)C(N)=O)C(F)(F)F)cc2cc(C(F)(F)F)cnc12. The molecule has 242 valence electrons. The number of carbonyl (C=O) groups is 2. The van der Waals surface area contributed by atoms with Crippen LogP contribution < -0.4 is 20.5 Å². The number of primary amides is 1. The molecule has 2 amide bonds. The molecule has 5 rings (SSSR count). The number of nitrogens with zero attached hydrogens (tertiary/aromatic N) is 2. The van der Waals surface area contributed by atoms with Gasteiger partial charge in [0.05, 0.1) is 23.4 Å². The van der Waals surface area contributed by atoms with E-state index >= 15 is 0 Å². The van der Waals surface area contributed by atoms with Crippen LogP contribution in [0.1, 0.15) is 40.0 Å². The number of amides is 2. The lowest BCUT2D eigenvalue weighted by Gasteiger charge is -2.24. The number of benzene rings is 2. The van der Waals surface area contributed by atoms with Crippen LogP contribution >= 0.6 is 11.6 Å². The molecule has 8 nitrogen and oxygen atoms in total. The number of methoxy groups -OCH3 is 1. The zero-order chi connectivity index (χ0) is 33.8. The standard InChI is InChI=1S/C30H22ClF7N4O4/c1-28(27(39)44)12-46-25-18(28)9-21(42-24(25)17-4-3-16(32)8-20(17)31)19(30(36,37)38)11-41-26(43)14-5-13-6-15(29(33,34)35)10-40-23(13)22(7-14)45-2/h3-10,19H,11-12H2,1-2H3,(H2,39,44)(H,41,43)/t19?,28-/m0/s1. The van der Waals surface area contributed by atoms with E-state index < -0.39 is 59.1 Å². The number of aromatic nitrogens is 2. The van der Waals surface area contributed by atoms with Gasteiger partial charge in [0.2, 0.25) is 5.91 Å². The van der Waals surface area contributed by atoms with Crippen molar-refractivity contribution >= 4 is 34.3 Å². The number of halogens is 8. The molecule has 4 aromatic rings. The highest BCUT2D eigenvalue weighted by atomic mass is 35.5. The number of nitrogens with one attached hydrogen (secondary N) is 1. The molecule has 3 heterocycles. The third-order valence-corrected chi connectivity index (χ3v) is 7.91. The van der Waals surface area contributed by atoms with Crippen LogP contribution in [-0.4, -0.2) is 48.2 Å². The summed E-state index contributed by atoms with van der Waals surface area (Å²) >= 11 is 6.21. The van der Waals surface area contributed by atoms with E-state index in [9.17, 15) is 40.3 Å². The van der Waals surface area contributed by atoms with E-state index in [1.54, 1.807) is 0 Å². The maximum Gasteiger partial charge on any atom is 0.417 e. The first-order chi connectivity index (χ1) is 21.4. The van der Waals surface area contributed by atoms with Gasteiger partial charge in [-0.05, 0) is 49.4 Å². The Balaban J connectivity index is 1.56. The molecule has 16 heteroatoms. The Labute approximate surface area is 260 Å². The van der Waals surface area contributed by atoms with Gasteiger partial charge in [0.1, 0.15) is 46.5 Å². The number of nitrogens with two attached hydrogens (primary N) is 1. The largest absolute Gasteiger partial charge is 0.494 e. The summed E-state index contributed by atoms with van der Waals surface area (Å²) in [6, 6.07) is 7.01. The van der Waals surface area contributed by atoms with Crippen molar-refractivity contribution in [3.63, 3.8) is 0 Å². The van der Waals surface area contributed by atoms with Gasteiger partial charge in [-0.3, -0.25) is 14.6 Å². The fraction of sp³-hybridized carbons (Fsp3) is 0.267. The highest BCUT2D eigenvalue weighted by Crippen LogP contribution is 2.48. The minimum Gasteiger partial charge on any atom is -0.494 e. The quantitative estimate of drug-likeness (QED) is 0.222. The third-order valence-electron chi connectivity index (χ3n) is 7.60. The predicted octanol–water partition coefficient (Wildman–Crippen LogP) is 6.33. The smallest absolute Gasteiger partial charge is 0.417 e. The van der Waals surface area contributed by atoms with Crippen molar-refractivity contribution in [1.82, 2.24) is 15.3 Å². The zero-order valence-corrected chi connectivity index (χ0v) is 24.5. The normalized spacial score (nSPS) is 16.9. The molecule has 3 N–H and O–H groups in total. The van der Waals surface area contributed by atoms with E-state index in [1.807, 2.05) is 0 Å². The summed E-state index contributed by atoms with van der Waals surface area (Å²) in [5.41, 5.74) is 1.73. The van der Waals surface area contributed by atoms with Crippen LogP contribution in [-0.2, 0) is 16.4 Å². The molecular weight excluding hydrogens is 649 g/mol. The number of hydrogen-bond acceptors (Lipinski definition) is 6. The second-order valence-electron chi connectivity index (χ2n) is 10.7. The Kier molecular flexibility index (Phi) is 8.26. The second-order valence-corrected chi connectivity index (χ2v) is 11.1. The Bertz CT molecular complexity index is 1880. The van der Waals surface area contributed by atoms with Crippen molar-refractivity contribution in [2.45, 2.75) is 30.6 Å². The van der Waals surface area contributed by atoms with Gasteiger partial charge >= 0.3 is 12.4 Å². The maximum absolute atomic E-state index is 14.6. The number of alkyl halides is 6. The number of hydrogen-bond donors (Lipinski definition) is 2. The Morgan fingerprint density at radius 2 is 1.85 bits per heavy atom. The minimum absolute atomic E-state index is 0.00531. The first-order valence-electron chi connectivity index (χ1n) is 13.3. The second kappa shape index (κ2) is 11.6. The van der Waals surface area contributed by atoms with E-state index in [0.29, 0.717) is 6.20 Å². The maximum atomic E-state index is 14.6. The van der Waals surface area contributed by atoms with Crippen LogP contribution in [0.15, 0.2) is 48.7 Å². The molecule has 1 aliphatic heterocycles. The highest BCUT2D eigenvalue weighted by Gasteiger charge is 2.47. The number of carbonyl (C=O) groups excluding carboxylic acids is 2. The lowest BCUT2D eigenvalue weighted by atomic mass is 9.82. The Hall–Kier alpha value is -4.66. The minimum atomic E-state index is -5.02. The Morgan fingerprint density at radius 3 is 2.46 bits per heavy atom. The molecule has 46 heavy (non-hydrogen) atoms. The van der Waals surface area contributed by atoms with Crippen molar-refractivity contribution in [2.75, 3.05) is 20.3 Å². The molecular formula is C30H22ClF7N4O4. The molecule has 0 saturated carbocycles. The fourth-order valence-corrected chi connectivity index (χ4v) is 5.25. The number of pyridine rings is 2. The van der Waals surface area contributed by atoms with E-state index in [4.69, 9.17) is 26.8 Å². The van der Waals surface area contributed by atoms with E-state index in [1.165, 1.54) is 20.1 Å². The summed E-state index contributed by atoms with van der Waals surface area (Å²) in [5.74, 6) is -5.33. The molecule has 1 unspecified atom stereocenters. The molecule has 1 aliphatic rings. The summed E-state index contributed by atoms with van der Waals surface area (Å²) < 4.78 is 108. The summed E-state index contributed by atoms with van der Waals surface area (Å²) in [6.45, 7) is -0.0334. The predicted molar refractivity (Wildman–Crippen MR) is 151 cm³/mol. The summed E-state index contributed by atoms with van der Waals surface area (Å²) in [4.78, 5) is 33.4. The highest BCUT2D eigenvalue weighted by molar-refractivity contribution is 6.33. The van der Waals surface area contributed by atoms with Gasteiger partial charge in [-0.25, -0.2) is 9.37 Å². The topological polar surface area (TPSA) is 116 Å². The molecule has 0 aliphatic carbocycles. The van der Waals surface area contributed by atoms with Crippen LogP contribution in [0.5, 0.6) is 11.5 Å². The molecule has 2 aromatic heterocycles. The van der Waals surface area contributed by atoms with Gasteiger partial charge in [-0.2, -0.15) is 26.3 Å². The van der Waals surface area contributed by atoms with Crippen LogP contribution in [0.2, 0.25) is 5.02 Å². The van der Waals surface area contributed by atoms with Gasteiger partial charge in [-0.15, -0.1) is 0 Å². The summed E-state index contributed by atoms with van der Waals surface area (Å²) in [6.07, 6.45) is -9.18. The van der Waals surface area contributed by atoms with Crippen molar-refractivity contribution in [3.05, 3.63) is 81.9 Å². The van der Waals surface area contributed by atoms with Gasteiger partial charge in [-0.1, -0.05) is 11.6 Å². The van der Waals surface area contributed by atoms with Crippen LogP contribution in [0.3, 0.4) is 0 Å². The Morgan fingerprint density at radius 1 is 1.13 bits per heavy atom. The van der Waals surface area contributed by atoms with Crippen molar-refractivity contribution in [3.8, 4) is 22.8 Å². The molecule has 2 aromatic carbocycles. The third kappa shape index (κ3) is 5.98. The van der Waals surface area contributed by atoms with Crippen molar-refractivity contribution in [2.24, 2.45) is 5.73 Å². The van der Waals surface area contributed by atoms with Crippen LogP contribution in [0.25, 0.3) is 22.2 Å². The van der Waals surface area contributed by atoms with E-state index in [2.05, 4.69) is 15.3 Å². The van der Waals surface area contributed by atoms with E-state index in [-0.39, 0.29) is 56.4 Å². The summed E-state index contributed by atoms with van der Waals surface area (Å²) in [7, 11) is 1.18. The zero-order valence-electron chi connectivity index (χ0n) is 23.7. The van der Waals surface area contributed by atoms with Crippen molar-refractivity contribution < 1.29 is 49.8 Å². The average molecular weight is 671 g/mol. The molecule has 0 fully saturated rings. The molecule has 2 atom stereocenters. The molecule has 0 radical (unpaired) electrons.